The summed E-state index contributed by atoms with van der Waals surface area (Å²) in [5.74, 6) is 0.609. The van der Waals surface area contributed by atoms with E-state index in [2.05, 4.69) is 19.2 Å². The molecule has 1 fully saturated rings. The van der Waals surface area contributed by atoms with Crippen LogP contribution in [0.5, 0.6) is 0 Å². The van der Waals surface area contributed by atoms with E-state index in [1.807, 2.05) is 6.08 Å². The molecule has 1 aliphatic carbocycles. The summed E-state index contributed by atoms with van der Waals surface area (Å²) in [6, 6.07) is 5.31. The second kappa shape index (κ2) is 7.17. The van der Waals surface area contributed by atoms with Gasteiger partial charge in [-0.1, -0.05) is 37.1 Å². The summed E-state index contributed by atoms with van der Waals surface area (Å²) in [6.07, 6.45) is 4.75. The topological polar surface area (TPSA) is 0 Å². The molecule has 0 radical (unpaired) electrons. The highest BCUT2D eigenvalue weighted by Gasteiger charge is 2.29. The van der Waals surface area contributed by atoms with Crippen LogP contribution in [0.4, 0.5) is 13.2 Å². The molecule has 19 heavy (non-hydrogen) atoms. The van der Waals surface area contributed by atoms with Crippen LogP contribution in [0.3, 0.4) is 0 Å². The maximum atomic E-state index is 12.3. The molecule has 1 saturated carbocycles. The van der Waals surface area contributed by atoms with E-state index in [-0.39, 0.29) is 0 Å². The number of rotatable bonds is 2. The molecule has 0 nitrogen and oxygen atoms in total. The number of halogens is 3. The van der Waals surface area contributed by atoms with Gasteiger partial charge >= 0.3 is 6.18 Å². The summed E-state index contributed by atoms with van der Waals surface area (Å²) in [5.41, 5.74) is 0.250. The largest absolute Gasteiger partial charge is 0.416 e. The van der Waals surface area contributed by atoms with Gasteiger partial charge in [-0.3, -0.25) is 0 Å². The van der Waals surface area contributed by atoms with Crippen molar-refractivity contribution in [3.05, 3.63) is 54.6 Å². The molecule has 0 spiro atoms. The van der Waals surface area contributed by atoms with Crippen LogP contribution >= 0.6 is 0 Å². The van der Waals surface area contributed by atoms with Crippen LogP contribution in [0.25, 0.3) is 6.08 Å². The summed E-state index contributed by atoms with van der Waals surface area (Å²) >= 11 is 0. The van der Waals surface area contributed by atoms with E-state index < -0.39 is 11.7 Å². The molecule has 0 aliphatic heterocycles. The van der Waals surface area contributed by atoms with E-state index in [9.17, 15) is 13.2 Å². The Morgan fingerprint density at radius 2 is 1.53 bits per heavy atom. The molecule has 0 heterocycles. The Bertz CT molecular complexity index is 395. The number of benzene rings is 1. The van der Waals surface area contributed by atoms with Crippen LogP contribution in [-0.2, 0) is 6.18 Å². The predicted molar refractivity (Wildman–Crippen MR) is 73.7 cm³/mol. The summed E-state index contributed by atoms with van der Waals surface area (Å²) in [7, 11) is 0. The molecule has 0 saturated heterocycles. The quantitative estimate of drug-likeness (QED) is 0.602. The standard InChI is InChI=1S/C14H15F3.C2H4/c15-14(16,17)13-9-7-12(8-10-13)6-5-11-3-1-2-4-11;1-2/h5-11H,1-4H2;1-2H2/b6-5+;. The Balaban J connectivity index is 0.000000861. The highest BCUT2D eigenvalue weighted by atomic mass is 19.4. The van der Waals surface area contributed by atoms with Gasteiger partial charge in [-0.2, -0.15) is 13.2 Å². The fourth-order valence-corrected chi connectivity index (χ4v) is 2.18. The third-order valence-corrected chi connectivity index (χ3v) is 3.20. The molecule has 2 rings (SSSR count). The van der Waals surface area contributed by atoms with Crippen molar-refractivity contribution in [3.63, 3.8) is 0 Å². The lowest BCUT2D eigenvalue weighted by Crippen LogP contribution is -2.03. The SMILES string of the molecule is C=C.FC(F)(F)c1ccc(/C=C/C2CCCC2)cc1. The number of allylic oxidation sites excluding steroid dienone is 1. The van der Waals surface area contributed by atoms with Crippen LogP contribution in [0.15, 0.2) is 43.5 Å². The first-order valence-corrected chi connectivity index (χ1v) is 6.41. The van der Waals surface area contributed by atoms with Gasteiger partial charge < -0.3 is 0 Å². The van der Waals surface area contributed by atoms with Crippen LogP contribution in [-0.4, -0.2) is 0 Å². The zero-order valence-electron chi connectivity index (χ0n) is 10.9. The molecule has 1 aromatic carbocycles. The van der Waals surface area contributed by atoms with Crippen molar-refractivity contribution < 1.29 is 13.2 Å². The predicted octanol–water partition coefficient (Wildman–Crippen LogP) is 5.71. The first kappa shape index (κ1) is 15.5. The van der Waals surface area contributed by atoms with Crippen molar-refractivity contribution in [2.24, 2.45) is 5.92 Å². The summed E-state index contributed by atoms with van der Waals surface area (Å²) in [6.45, 7) is 6.00. The van der Waals surface area contributed by atoms with Crippen molar-refractivity contribution in [1.29, 1.82) is 0 Å². The Hall–Kier alpha value is -1.51. The zero-order chi connectivity index (χ0) is 14.3. The van der Waals surface area contributed by atoms with Crippen molar-refractivity contribution >= 4 is 6.08 Å². The molecular weight excluding hydrogens is 249 g/mol. The smallest absolute Gasteiger partial charge is 0.166 e. The van der Waals surface area contributed by atoms with Gasteiger partial charge in [0.05, 0.1) is 5.56 Å². The molecule has 0 unspecified atom stereocenters. The van der Waals surface area contributed by atoms with E-state index in [0.717, 1.165) is 17.7 Å². The van der Waals surface area contributed by atoms with Crippen molar-refractivity contribution in [1.82, 2.24) is 0 Å². The zero-order valence-corrected chi connectivity index (χ0v) is 10.9. The lowest BCUT2D eigenvalue weighted by atomic mass is 10.1. The van der Waals surface area contributed by atoms with Gasteiger partial charge in [0.2, 0.25) is 0 Å². The van der Waals surface area contributed by atoms with Crippen molar-refractivity contribution in [2.45, 2.75) is 31.9 Å². The third kappa shape index (κ3) is 4.93. The van der Waals surface area contributed by atoms with Gasteiger partial charge in [-0.25, -0.2) is 0 Å². The monoisotopic (exact) mass is 268 g/mol. The Morgan fingerprint density at radius 3 is 2.00 bits per heavy atom. The molecule has 1 aliphatic rings. The van der Waals surface area contributed by atoms with E-state index in [0.29, 0.717) is 5.92 Å². The maximum Gasteiger partial charge on any atom is 0.416 e. The summed E-state index contributed by atoms with van der Waals surface area (Å²) < 4.78 is 37.0. The molecule has 0 atom stereocenters. The first-order chi connectivity index (χ1) is 9.05. The number of hydrogen-bond acceptors (Lipinski definition) is 0. The molecule has 104 valence electrons. The average Bonchev–Trinajstić information content (AvgIpc) is 2.91. The first-order valence-electron chi connectivity index (χ1n) is 6.41. The molecule has 0 amide bonds. The second-order valence-electron chi connectivity index (χ2n) is 4.52. The van der Waals surface area contributed by atoms with Gasteiger partial charge in [-0.05, 0) is 36.5 Å². The van der Waals surface area contributed by atoms with Crippen LogP contribution in [0, 0.1) is 5.92 Å². The second-order valence-corrected chi connectivity index (χ2v) is 4.52. The Kier molecular flexibility index (Phi) is 5.87. The van der Waals surface area contributed by atoms with Gasteiger partial charge in [0.1, 0.15) is 0 Å². The maximum absolute atomic E-state index is 12.3. The lowest BCUT2D eigenvalue weighted by Gasteiger charge is -2.06. The lowest BCUT2D eigenvalue weighted by molar-refractivity contribution is -0.137. The fourth-order valence-electron chi connectivity index (χ4n) is 2.18. The minimum Gasteiger partial charge on any atom is -0.166 e. The molecule has 1 aromatic rings. The van der Waals surface area contributed by atoms with Gasteiger partial charge in [0.15, 0.2) is 0 Å². The molecule has 0 bridgehead atoms. The molecule has 0 aromatic heterocycles. The van der Waals surface area contributed by atoms with E-state index in [4.69, 9.17) is 0 Å². The van der Waals surface area contributed by atoms with E-state index >= 15 is 0 Å². The molecule has 3 heteroatoms. The minimum absolute atomic E-state index is 0.587. The van der Waals surface area contributed by atoms with Crippen LogP contribution in [0.2, 0.25) is 0 Å². The van der Waals surface area contributed by atoms with Gasteiger partial charge in [0, 0.05) is 0 Å². The number of hydrogen-bond donors (Lipinski definition) is 0. The Morgan fingerprint density at radius 1 is 1.00 bits per heavy atom. The highest BCUT2D eigenvalue weighted by molar-refractivity contribution is 5.50. The van der Waals surface area contributed by atoms with Crippen LogP contribution in [0.1, 0.15) is 36.8 Å². The number of alkyl halides is 3. The summed E-state index contributed by atoms with van der Waals surface area (Å²) in [5, 5.41) is 0. The third-order valence-electron chi connectivity index (χ3n) is 3.20. The van der Waals surface area contributed by atoms with Crippen molar-refractivity contribution in [2.75, 3.05) is 0 Å². The normalized spacial score (nSPS) is 16.4. The van der Waals surface area contributed by atoms with Crippen LogP contribution < -0.4 is 0 Å². The summed E-state index contributed by atoms with van der Waals surface area (Å²) in [4.78, 5) is 0. The Labute approximate surface area is 112 Å². The average molecular weight is 268 g/mol. The van der Waals surface area contributed by atoms with Crippen molar-refractivity contribution in [3.8, 4) is 0 Å². The molecule has 0 N–H and O–H groups in total. The van der Waals surface area contributed by atoms with Gasteiger partial charge in [0.25, 0.3) is 0 Å². The molecular formula is C16H19F3. The van der Waals surface area contributed by atoms with E-state index in [1.54, 1.807) is 0 Å². The minimum atomic E-state index is -4.24. The fraction of sp³-hybridized carbons (Fsp3) is 0.375. The van der Waals surface area contributed by atoms with Gasteiger partial charge in [-0.15, -0.1) is 13.2 Å². The highest BCUT2D eigenvalue weighted by Crippen LogP contribution is 2.30. The van der Waals surface area contributed by atoms with E-state index in [1.165, 1.54) is 37.8 Å².